The van der Waals surface area contributed by atoms with Crippen molar-refractivity contribution < 1.29 is 9.53 Å². The summed E-state index contributed by atoms with van der Waals surface area (Å²) >= 11 is 1.72. The number of ether oxygens (including phenoxy) is 1. The van der Waals surface area contributed by atoms with Gasteiger partial charge in [-0.3, -0.25) is 9.69 Å². The summed E-state index contributed by atoms with van der Waals surface area (Å²) in [7, 11) is 1.96. The van der Waals surface area contributed by atoms with E-state index in [4.69, 9.17) is 4.74 Å². The fraction of sp³-hybridized carbons (Fsp3) is 0.464. The normalized spacial score (nSPS) is 17.4. The molecule has 1 amide bonds. The van der Waals surface area contributed by atoms with Gasteiger partial charge in [0.1, 0.15) is 11.9 Å². The zero-order valence-electron chi connectivity index (χ0n) is 20.2. The fourth-order valence-electron chi connectivity index (χ4n) is 4.56. The van der Waals surface area contributed by atoms with Crippen LogP contribution in [0.2, 0.25) is 0 Å². The quantitative estimate of drug-likeness (QED) is 0.501. The van der Waals surface area contributed by atoms with Crippen molar-refractivity contribution in [3.05, 3.63) is 76.0 Å². The maximum absolute atomic E-state index is 13.1. The second-order valence-electron chi connectivity index (χ2n) is 9.03. The molecule has 2 aromatic rings. The lowest BCUT2D eigenvalue weighted by molar-refractivity contribution is -0.132. The van der Waals surface area contributed by atoms with Crippen molar-refractivity contribution in [3.63, 3.8) is 0 Å². The predicted octanol–water partition coefficient (Wildman–Crippen LogP) is 4.83. The van der Waals surface area contributed by atoms with Gasteiger partial charge in [-0.15, -0.1) is 11.3 Å². The molecule has 1 aromatic heterocycles. The molecule has 4 rings (SSSR count). The highest BCUT2D eigenvalue weighted by Crippen LogP contribution is 2.30. The van der Waals surface area contributed by atoms with E-state index in [1.165, 1.54) is 23.3 Å². The molecule has 2 heterocycles. The molecule has 1 saturated heterocycles. The van der Waals surface area contributed by atoms with Crippen LogP contribution in [0.25, 0.3) is 0 Å². The van der Waals surface area contributed by atoms with Gasteiger partial charge >= 0.3 is 0 Å². The van der Waals surface area contributed by atoms with E-state index in [1.807, 2.05) is 36.2 Å². The van der Waals surface area contributed by atoms with Gasteiger partial charge < -0.3 is 15.0 Å². The first-order chi connectivity index (χ1) is 16.7. The maximum Gasteiger partial charge on any atom is 0.227 e. The second kappa shape index (κ2) is 12.9. The van der Waals surface area contributed by atoms with E-state index in [0.29, 0.717) is 6.42 Å². The van der Waals surface area contributed by atoms with Crippen molar-refractivity contribution >= 4 is 17.2 Å². The summed E-state index contributed by atoms with van der Waals surface area (Å²) in [5, 5.41) is 5.31. The molecular formula is C28H37N3O2S. The van der Waals surface area contributed by atoms with Crippen LogP contribution in [0.4, 0.5) is 0 Å². The van der Waals surface area contributed by atoms with Crippen LogP contribution in [0.1, 0.15) is 42.2 Å². The number of amides is 1. The van der Waals surface area contributed by atoms with Crippen LogP contribution in [0.5, 0.6) is 5.75 Å². The summed E-state index contributed by atoms with van der Waals surface area (Å²) in [4.78, 5) is 18.9. The Hall–Kier alpha value is -2.41. The molecule has 0 saturated carbocycles. The van der Waals surface area contributed by atoms with Gasteiger partial charge in [-0.25, -0.2) is 0 Å². The Morgan fingerprint density at radius 2 is 1.97 bits per heavy atom. The largest absolute Gasteiger partial charge is 0.485 e. The average molecular weight is 480 g/mol. The minimum atomic E-state index is -0.0126. The first-order valence-corrected chi connectivity index (χ1v) is 13.4. The first-order valence-electron chi connectivity index (χ1n) is 12.5. The number of nitrogens with zero attached hydrogens (tertiary/aromatic N) is 2. The molecule has 6 heteroatoms. The third-order valence-electron chi connectivity index (χ3n) is 6.61. The van der Waals surface area contributed by atoms with Crippen LogP contribution >= 0.6 is 11.3 Å². The molecule has 1 aliphatic heterocycles. The lowest BCUT2D eigenvalue weighted by atomic mass is 10.0. The zero-order valence-corrected chi connectivity index (χ0v) is 21.1. The fourth-order valence-corrected chi connectivity index (χ4v) is 5.35. The van der Waals surface area contributed by atoms with Crippen LogP contribution in [0, 0.1) is 0 Å². The number of hydrogen-bond donors (Lipinski definition) is 1. The molecular weight excluding hydrogens is 442 g/mol. The number of thiophene rings is 1. The minimum Gasteiger partial charge on any atom is -0.485 e. The van der Waals surface area contributed by atoms with Gasteiger partial charge in [0, 0.05) is 49.6 Å². The van der Waals surface area contributed by atoms with Crippen molar-refractivity contribution in [1.29, 1.82) is 0 Å². The number of carbonyl (C=O) groups excluding carboxylic acids is 1. The van der Waals surface area contributed by atoms with Gasteiger partial charge in [-0.1, -0.05) is 48.1 Å². The number of benzene rings is 1. The number of para-hydroxylation sites is 1. The number of allylic oxidation sites excluding steroid dienone is 3. The molecule has 2 aliphatic rings. The Labute approximate surface area is 208 Å². The monoisotopic (exact) mass is 479 g/mol. The summed E-state index contributed by atoms with van der Waals surface area (Å²) in [6.45, 7) is 5.46. The molecule has 0 radical (unpaired) electrons. The molecule has 34 heavy (non-hydrogen) atoms. The molecule has 1 atom stereocenters. The summed E-state index contributed by atoms with van der Waals surface area (Å²) in [5.74, 6) is 1.01. The van der Waals surface area contributed by atoms with Crippen LogP contribution < -0.4 is 10.1 Å². The van der Waals surface area contributed by atoms with E-state index in [1.54, 1.807) is 11.3 Å². The highest BCUT2D eigenvalue weighted by Gasteiger charge is 2.23. The first kappa shape index (κ1) is 24.7. The molecule has 1 N–H and O–H groups in total. The van der Waals surface area contributed by atoms with Gasteiger partial charge in [0.05, 0.1) is 6.42 Å². The highest BCUT2D eigenvalue weighted by atomic mass is 32.1. The summed E-state index contributed by atoms with van der Waals surface area (Å²) in [6, 6.07) is 12.2. The van der Waals surface area contributed by atoms with Crippen molar-refractivity contribution in [2.75, 3.05) is 46.3 Å². The average Bonchev–Trinajstić information content (AvgIpc) is 3.42. The Bertz CT molecular complexity index is 962. The predicted molar refractivity (Wildman–Crippen MR) is 140 cm³/mol. The van der Waals surface area contributed by atoms with Crippen molar-refractivity contribution in [2.45, 2.75) is 38.2 Å². The topological polar surface area (TPSA) is 44.8 Å². The van der Waals surface area contributed by atoms with E-state index < -0.39 is 0 Å². The Balaban J connectivity index is 1.30. The van der Waals surface area contributed by atoms with Gasteiger partial charge in [0.15, 0.2) is 0 Å². The number of rotatable bonds is 11. The number of carbonyl (C=O) groups is 1. The Kier molecular flexibility index (Phi) is 9.36. The van der Waals surface area contributed by atoms with Gasteiger partial charge in [0.2, 0.25) is 5.91 Å². The van der Waals surface area contributed by atoms with Crippen molar-refractivity contribution in [2.24, 2.45) is 0 Å². The van der Waals surface area contributed by atoms with E-state index >= 15 is 0 Å². The summed E-state index contributed by atoms with van der Waals surface area (Å²) in [5.41, 5.74) is 2.42. The summed E-state index contributed by atoms with van der Waals surface area (Å²) in [6.07, 6.45) is 11.6. The minimum absolute atomic E-state index is 0.0126. The van der Waals surface area contributed by atoms with Crippen LogP contribution in [-0.2, 0) is 11.2 Å². The third-order valence-corrected chi connectivity index (χ3v) is 7.58. The number of nitrogens with one attached hydrogen (secondary N) is 1. The maximum atomic E-state index is 13.1. The Morgan fingerprint density at radius 1 is 1.12 bits per heavy atom. The van der Waals surface area contributed by atoms with E-state index in [2.05, 4.69) is 46.0 Å². The molecule has 1 aliphatic carbocycles. The van der Waals surface area contributed by atoms with Gasteiger partial charge in [-0.2, -0.15) is 0 Å². The molecule has 1 fully saturated rings. The number of hydrogen-bond acceptors (Lipinski definition) is 5. The van der Waals surface area contributed by atoms with Crippen molar-refractivity contribution in [3.8, 4) is 5.75 Å². The van der Waals surface area contributed by atoms with Gasteiger partial charge in [-0.05, 0) is 50.4 Å². The molecule has 0 bridgehead atoms. The highest BCUT2D eigenvalue weighted by molar-refractivity contribution is 7.10. The lowest BCUT2D eigenvalue weighted by Crippen LogP contribution is -2.49. The van der Waals surface area contributed by atoms with Crippen LogP contribution in [-0.4, -0.2) is 62.0 Å². The molecule has 1 unspecified atom stereocenters. The molecule has 0 spiro atoms. The smallest absolute Gasteiger partial charge is 0.227 e. The third kappa shape index (κ3) is 7.05. The van der Waals surface area contributed by atoms with Crippen LogP contribution in [0.15, 0.2) is 65.6 Å². The lowest BCUT2D eigenvalue weighted by Gasteiger charge is -2.35. The van der Waals surface area contributed by atoms with E-state index in [0.717, 1.165) is 63.4 Å². The van der Waals surface area contributed by atoms with Gasteiger partial charge in [0.25, 0.3) is 0 Å². The molecule has 1 aromatic carbocycles. The second-order valence-corrected chi connectivity index (χ2v) is 10.0. The SMILES string of the molecule is CNCCC(Oc1ccccc1CC(=O)N1CCN(CCC2=CCCC=C2)CC1)c1cccs1. The van der Waals surface area contributed by atoms with Crippen molar-refractivity contribution in [1.82, 2.24) is 15.1 Å². The number of piperazine rings is 1. The van der Waals surface area contributed by atoms with E-state index in [-0.39, 0.29) is 12.0 Å². The summed E-state index contributed by atoms with van der Waals surface area (Å²) < 4.78 is 6.47. The molecule has 5 nitrogen and oxygen atoms in total. The molecule has 182 valence electrons. The Morgan fingerprint density at radius 3 is 2.71 bits per heavy atom. The standard InChI is InChI=1S/C28H37N3O2S/c1-29-15-13-26(27-12-7-21-34-27)33-25-11-6-5-10-24(25)22-28(32)31-19-17-30(18-20-31)16-14-23-8-3-2-4-9-23/h3,5-12,21,26,29H,2,4,13-20,22H2,1H3. The van der Waals surface area contributed by atoms with E-state index in [9.17, 15) is 4.79 Å². The zero-order chi connectivity index (χ0) is 23.6. The van der Waals surface area contributed by atoms with Crippen LogP contribution in [0.3, 0.4) is 0 Å².